The van der Waals surface area contributed by atoms with Gasteiger partial charge in [0.25, 0.3) is 0 Å². The highest BCUT2D eigenvalue weighted by Gasteiger charge is 2.22. The molecule has 0 saturated heterocycles. The summed E-state index contributed by atoms with van der Waals surface area (Å²) in [5, 5.41) is 19.9. The van der Waals surface area contributed by atoms with Crippen molar-refractivity contribution < 1.29 is 14.4 Å². The quantitative estimate of drug-likeness (QED) is 0.826. The highest BCUT2D eigenvalue weighted by atomic mass is 16.5. The molecule has 0 saturated carbocycles. The number of aromatic carboxylic acids is 1. The predicted molar refractivity (Wildman–Crippen MR) is 54.5 cm³/mol. The number of carboxylic acids is 1. The van der Waals surface area contributed by atoms with Crippen LogP contribution in [0.1, 0.15) is 41.8 Å². The molecule has 2 rings (SSSR count). The molecule has 0 spiro atoms. The Morgan fingerprint density at radius 2 is 2.35 bits per heavy atom. The second-order valence-electron chi connectivity index (χ2n) is 3.78. The number of rotatable bonds is 4. The van der Waals surface area contributed by atoms with Crippen LogP contribution >= 0.6 is 0 Å². The lowest BCUT2D eigenvalue weighted by Crippen LogP contribution is -2.11. The molecule has 1 N–H and O–H groups in total. The van der Waals surface area contributed by atoms with Gasteiger partial charge in [-0.05, 0) is 5.92 Å². The Morgan fingerprint density at radius 1 is 1.59 bits per heavy atom. The van der Waals surface area contributed by atoms with Gasteiger partial charge in [0, 0.05) is 0 Å². The molecule has 2 heterocycles. The van der Waals surface area contributed by atoms with Gasteiger partial charge in [0.1, 0.15) is 6.54 Å². The fourth-order valence-corrected chi connectivity index (χ4v) is 1.55. The van der Waals surface area contributed by atoms with E-state index >= 15 is 0 Å². The normalized spacial score (nSPS) is 11.0. The lowest BCUT2D eigenvalue weighted by atomic mass is 10.1. The van der Waals surface area contributed by atoms with Crippen molar-refractivity contribution in [1.29, 1.82) is 0 Å². The van der Waals surface area contributed by atoms with Crippen LogP contribution in [-0.2, 0) is 6.54 Å². The van der Waals surface area contributed by atoms with Crippen LogP contribution in [0.5, 0.6) is 0 Å². The van der Waals surface area contributed by atoms with E-state index in [1.807, 2.05) is 13.8 Å². The molecule has 17 heavy (non-hydrogen) atoms. The molecule has 0 unspecified atom stereocenters. The van der Waals surface area contributed by atoms with E-state index in [2.05, 4.69) is 20.5 Å². The fraction of sp³-hybridized carbons (Fsp3) is 0.444. The van der Waals surface area contributed by atoms with Crippen molar-refractivity contribution >= 4 is 5.97 Å². The lowest BCUT2D eigenvalue weighted by Gasteiger charge is -2.07. The Labute approximate surface area is 96.2 Å². The zero-order valence-electron chi connectivity index (χ0n) is 9.36. The third-order valence-electron chi connectivity index (χ3n) is 2.21. The summed E-state index contributed by atoms with van der Waals surface area (Å²) in [5.41, 5.74) is 0.496. The first-order chi connectivity index (χ1) is 8.09. The van der Waals surface area contributed by atoms with Crippen LogP contribution in [0.25, 0.3) is 0 Å². The number of carbonyl (C=O) groups is 1. The molecule has 0 radical (unpaired) electrons. The van der Waals surface area contributed by atoms with Crippen LogP contribution < -0.4 is 0 Å². The number of hydrogen-bond donors (Lipinski definition) is 1. The Balaban J connectivity index is 2.37. The first kappa shape index (κ1) is 11.2. The van der Waals surface area contributed by atoms with Crippen molar-refractivity contribution in [2.75, 3.05) is 0 Å². The van der Waals surface area contributed by atoms with Gasteiger partial charge in [-0.1, -0.05) is 24.2 Å². The maximum atomic E-state index is 11.0. The second-order valence-corrected chi connectivity index (χ2v) is 3.78. The SMILES string of the molecule is CC(C)c1c(C(=O)O)nnn1Cc1ncno1. The molecule has 0 aromatic carbocycles. The third-order valence-corrected chi connectivity index (χ3v) is 2.21. The van der Waals surface area contributed by atoms with Crippen LogP contribution in [0.4, 0.5) is 0 Å². The van der Waals surface area contributed by atoms with Crippen LogP contribution in [0.2, 0.25) is 0 Å². The average Bonchev–Trinajstić information content (AvgIpc) is 2.86. The van der Waals surface area contributed by atoms with Gasteiger partial charge in [0.05, 0.1) is 5.69 Å². The van der Waals surface area contributed by atoms with E-state index in [1.165, 1.54) is 11.0 Å². The summed E-state index contributed by atoms with van der Waals surface area (Å²) in [5.74, 6) is -0.752. The van der Waals surface area contributed by atoms with E-state index in [1.54, 1.807) is 0 Å². The van der Waals surface area contributed by atoms with E-state index in [9.17, 15) is 4.79 Å². The van der Waals surface area contributed by atoms with Gasteiger partial charge >= 0.3 is 5.97 Å². The molecule has 2 aromatic rings. The van der Waals surface area contributed by atoms with Crippen LogP contribution in [0, 0.1) is 0 Å². The topological polar surface area (TPSA) is 107 Å². The summed E-state index contributed by atoms with van der Waals surface area (Å²) in [6.07, 6.45) is 1.28. The first-order valence-electron chi connectivity index (χ1n) is 5.01. The minimum Gasteiger partial charge on any atom is -0.476 e. The monoisotopic (exact) mass is 237 g/mol. The summed E-state index contributed by atoms with van der Waals surface area (Å²) in [6, 6.07) is 0. The Hall–Kier alpha value is -2.25. The van der Waals surface area contributed by atoms with Gasteiger partial charge in [0.15, 0.2) is 12.0 Å². The van der Waals surface area contributed by atoms with Crippen molar-refractivity contribution in [3.05, 3.63) is 23.6 Å². The summed E-state index contributed by atoms with van der Waals surface area (Å²) in [7, 11) is 0. The van der Waals surface area contributed by atoms with Crippen molar-refractivity contribution in [3.63, 3.8) is 0 Å². The summed E-state index contributed by atoms with van der Waals surface area (Å²) in [4.78, 5) is 14.8. The molecule has 8 nitrogen and oxygen atoms in total. The molecule has 0 aliphatic carbocycles. The number of hydrogen-bond acceptors (Lipinski definition) is 6. The summed E-state index contributed by atoms with van der Waals surface area (Å²) < 4.78 is 6.30. The van der Waals surface area contributed by atoms with Crippen molar-refractivity contribution in [1.82, 2.24) is 25.1 Å². The van der Waals surface area contributed by atoms with E-state index in [4.69, 9.17) is 9.63 Å². The molecule has 8 heteroatoms. The number of carboxylic acid groups (broad SMARTS) is 1. The van der Waals surface area contributed by atoms with Crippen molar-refractivity contribution in [2.45, 2.75) is 26.3 Å². The summed E-state index contributed by atoms with van der Waals surface area (Å²) in [6.45, 7) is 3.96. The molecule has 0 aliphatic heterocycles. The molecule has 90 valence electrons. The van der Waals surface area contributed by atoms with Gasteiger partial charge < -0.3 is 9.63 Å². The molecular formula is C9H11N5O3. The number of aromatic nitrogens is 5. The average molecular weight is 237 g/mol. The zero-order valence-corrected chi connectivity index (χ0v) is 9.36. The van der Waals surface area contributed by atoms with E-state index in [-0.39, 0.29) is 18.2 Å². The highest BCUT2D eigenvalue weighted by Crippen LogP contribution is 2.18. The molecule has 0 atom stereocenters. The molecule has 0 fully saturated rings. The van der Waals surface area contributed by atoms with Gasteiger partial charge in [-0.3, -0.25) is 0 Å². The Bertz CT molecular complexity index is 517. The molecule has 0 bridgehead atoms. The predicted octanol–water partition coefficient (Wildman–Crippen LogP) is 0.531. The summed E-state index contributed by atoms with van der Waals surface area (Å²) >= 11 is 0. The fourth-order valence-electron chi connectivity index (χ4n) is 1.55. The molecule has 0 amide bonds. The van der Waals surface area contributed by atoms with E-state index in [0.717, 1.165) is 0 Å². The minimum atomic E-state index is -1.09. The maximum absolute atomic E-state index is 11.0. The van der Waals surface area contributed by atoms with Crippen LogP contribution in [-0.4, -0.2) is 36.2 Å². The van der Waals surface area contributed by atoms with Gasteiger partial charge in [-0.2, -0.15) is 4.98 Å². The zero-order chi connectivity index (χ0) is 12.4. The second kappa shape index (κ2) is 4.32. The number of nitrogens with zero attached hydrogens (tertiary/aromatic N) is 5. The largest absolute Gasteiger partial charge is 0.476 e. The molecule has 2 aromatic heterocycles. The maximum Gasteiger partial charge on any atom is 0.358 e. The van der Waals surface area contributed by atoms with Gasteiger partial charge in [0.2, 0.25) is 5.89 Å². The van der Waals surface area contributed by atoms with Crippen molar-refractivity contribution in [3.8, 4) is 0 Å². The minimum absolute atomic E-state index is 0.0148. The highest BCUT2D eigenvalue weighted by molar-refractivity contribution is 5.86. The Kier molecular flexibility index (Phi) is 2.86. The Morgan fingerprint density at radius 3 is 2.88 bits per heavy atom. The van der Waals surface area contributed by atoms with Crippen LogP contribution in [0.3, 0.4) is 0 Å². The smallest absolute Gasteiger partial charge is 0.358 e. The van der Waals surface area contributed by atoms with Gasteiger partial charge in [-0.15, -0.1) is 5.10 Å². The van der Waals surface area contributed by atoms with Crippen molar-refractivity contribution in [2.24, 2.45) is 0 Å². The van der Waals surface area contributed by atoms with E-state index in [0.29, 0.717) is 11.6 Å². The molecular weight excluding hydrogens is 226 g/mol. The third kappa shape index (κ3) is 2.14. The van der Waals surface area contributed by atoms with Crippen LogP contribution in [0.15, 0.2) is 10.9 Å². The lowest BCUT2D eigenvalue weighted by molar-refractivity contribution is 0.0688. The van der Waals surface area contributed by atoms with E-state index < -0.39 is 5.97 Å². The first-order valence-corrected chi connectivity index (χ1v) is 5.01. The molecule has 0 aliphatic rings. The van der Waals surface area contributed by atoms with Gasteiger partial charge in [-0.25, -0.2) is 9.48 Å². The standard InChI is InChI=1S/C9H11N5O3/c1-5(2)8-7(9(15)16)12-13-14(8)3-6-10-4-11-17-6/h4-5H,3H2,1-2H3,(H,15,16).